The van der Waals surface area contributed by atoms with Gasteiger partial charge in [-0.05, 0) is 69.6 Å². The van der Waals surface area contributed by atoms with E-state index in [1.165, 1.54) is 44.2 Å². The molecule has 0 amide bonds. The van der Waals surface area contributed by atoms with Crippen LogP contribution in [0.3, 0.4) is 0 Å². The standard InChI is InChI=1S/C47H31NO/c1-4-17-33(18-5-1)47(34-19-6-2-7-20-34)41-30-29-39-38-24-12-13-26-44(38)49-46(39)45(41)40-28-27-36(31-42(40)47)48(35-21-8-3-9-22-35)43-25-14-16-32-15-10-11-23-37(32)43/h1-31H. The van der Waals surface area contributed by atoms with Crippen LogP contribution in [0.1, 0.15) is 22.3 Å². The molecular formula is C47H31NO. The summed E-state index contributed by atoms with van der Waals surface area (Å²) >= 11 is 0. The number of rotatable bonds is 5. The van der Waals surface area contributed by atoms with E-state index in [-0.39, 0.29) is 0 Å². The lowest BCUT2D eigenvalue weighted by atomic mass is 9.67. The molecule has 8 aromatic carbocycles. The molecule has 0 N–H and O–H groups in total. The van der Waals surface area contributed by atoms with Gasteiger partial charge >= 0.3 is 0 Å². The molecular weight excluding hydrogens is 595 g/mol. The molecule has 0 atom stereocenters. The number of anilines is 3. The maximum absolute atomic E-state index is 6.77. The summed E-state index contributed by atoms with van der Waals surface area (Å²) < 4.78 is 6.77. The second kappa shape index (κ2) is 10.8. The highest BCUT2D eigenvalue weighted by molar-refractivity contribution is 6.12. The number of nitrogens with zero attached hydrogens (tertiary/aromatic N) is 1. The van der Waals surface area contributed by atoms with Crippen LogP contribution in [-0.2, 0) is 5.41 Å². The normalized spacial score (nSPS) is 13.1. The van der Waals surface area contributed by atoms with Crippen LogP contribution in [-0.4, -0.2) is 0 Å². The Morgan fingerprint density at radius 2 is 1.06 bits per heavy atom. The van der Waals surface area contributed by atoms with Crippen LogP contribution in [0.5, 0.6) is 0 Å². The number of benzene rings is 8. The summed E-state index contributed by atoms with van der Waals surface area (Å²) in [5.74, 6) is 0. The van der Waals surface area contributed by atoms with Crippen molar-refractivity contribution in [2.24, 2.45) is 0 Å². The maximum atomic E-state index is 6.77. The molecule has 0 saturated carbocycles. The molecule has 0 aliphatic heterocycles. The van der Waals surface area contributed by atoms with Gasteiger partial charge in [0.15, 0.2) is 0 Å². The Balaban J connectivity index is 1.33. The van der Waals surface area contributed by atoms with E-state index in [1.54, 1.807) is 0 Å². The van der Waals surface area contributed by atoms with Gasteiger partial charge in [-0.25, -0.2) is 0 Å². The van der Waals surface area contributed by atoms with Crippen LogP contribution in [0.25, 0.3) is 43.8 Å². The van der Waals surface area contributed by atoms with Crippen molar-refractivity contribution >= 4 is 49.8 Å². The fourth-order valence-electron chi connectivity index (χ4n) is 8.29. The van der Waals surface area contributed by atoms with E-state index in [9.17, 15) is 0 Å². The predicted octanol–water partition coefficient (Wildman–Crippen LogP) is 12.6. The largest absolute Gasteiger partial charge is 0.455 e. The van der Waals surface area contributed by atoms with Crippen molar-refractivity contribution < 1.29 is 4.42 Å². The Hall–Kier alpha value is -6.38. The number of fused-ring (bicyclic) bond motifs is 8. The van der Waals surface area contributed by atoms with Gasteiger partial charge in [0, 0.05) is 33.1 Å². The third-order valence-corrected chi connectivity index (χ3v) is 10.3. The molecule has 1 heterocycles. The fraction of sp³-hybridized carbons (Fsp3) is 0.0213. The van der Waals surface area contributed by atoms with E-state index < -0.39 is 5.41 Å². The van der Waals surface area contributed by atoms with Gasteiger partial charge in [-0.1, -0.05) is 152 Å². The third-order valence-electron chi connectivity index (χ3n) is 10.3. The summed E-state index contributed by atoms with van der Waals surface area (Å²) in [7, 11) is 0. The van der Waals surface area contributed by atoms with Crippen LogP contribution >= 0.6 is 0 Å². The van der Waals surface area contributed by atoms with E-state index in [4.69, 9.17) is 4.42 Å². The van der Waals surface area contributed by atoms with Crippen LogP contribution in [0.15, 0.2) is 192 Å². The molecule has 49 heavy (non-hydrogen) atoms. The Kier molecular flexibility index (Phi) is 6.13. The Morgan fingerprint density at radius 1 is 0.429 bits per heavy atom. The topological polar surface area (TPSA) is 16.4 Å². The Bertz CT molecular complexity index is 2610. The molecule has 0 saturated heterocycles. The molecule has 9 aromatic rings. The molecule has 230 valence electrons. The molecule has 1 aliphatic carbocycles. The highest BCUT2D eigenvalue weighted by Gasteiger charge is 2.47. The molecule has 0 unspecified atom stereocenters. The SMILES string of the molecule is c1ccc(N(c2ccc3c(c2)C(c2ccccc2)(c2ccccc2)c2ccc4c(oc5ccccc54)c2-3)c2cccc3ccccc23)cc1. The van der Waals surface area contributed by atoms with Crippen molar-refractivity contribution in [3.63, 3.8) is 0 Å². The van der Waals surface area contributed by atoms with Crippen LogP contribution in [0.2, 0.25) is 0 Å². The summed E-state index contributed by atoms with van der Waals surface area (Å²) in [6, 6.07) is 67.9. The fourth-order valence-corrected chi connectivity index (χ4v) is 8.29. The molecule has 0 radical (unpaired) electrons. The van der Waals surface area contributed by atoms with E-state index >= 15 is 0 Å². The average Bonchev–Trinajstić information content (AvgIpc) is 3.70. The number of hydrogen-bond donors (Lipinski definition) is 0. The minimum Gasteiger partial charge on any atom is -0.455 e. The third kappa shape index (κ3) is 4.01. The first-order valence-corrected chi connectivity index (χ1v) is 16.9. The van der Waals surface area contributed by atoms with Gasteiger partial charge in [-0.2, -0.15) is 0 Å². The average molecular weight is 626 g/mol. The van der Waals surface area contributed by atoms with Crippen molar-refractivity contribution in [1.82, 2.24) is 0 Å². The van der Waals surface area contributed by atoms with E-state index in [2.05, 4.69) is 193 Å². The molecule has 2 heteroatoms. The van der Waals surface area contributed by atoms with Gasteiger partial charge in [0.1, 0.15) is 11.2 Å². The first kappa shape index (κ1) is 27.7. The van der Waals surface area contributed by atoms with Gasteiger partial charge in [0.05, 0.1) is 11.1 Å². The first-order chi connectivity index (χ1) is 24.3. The van der Waals surface area contributed by atoms with Gasteiger partial charge in [0.25, 0.3) is 0 Å². The van der Waals surface area contributed by atoms with Crippen LogP contribution in [0.4, 0.5) is 17.1 Å². The molecule has 0 fully saturated rings. The summed E-state index contributed by atoms with van der Waals surface area (Å²) in [5, 5.41) is 4.70. The first-order valence-electron chi connectivity index (χ1n) is 16.9. The van der Waals surface area contributed by atoms with Crippen LogP contribution < -0.4 is 4.90 Å². The number of furan rings is 1. The second-order valence-electron chi connectivity index (χ2n) is 12.8. The number of para-hydroxylation sites is 2. The summed E-state index contributed by atoms with van der Waals surface area (Å²) in [6.07, 6.45) is 0. The molecule has 0 bridgehead atoms. The van der Waals surface area contributed by atoms with Crippen molar-refractivity contribution in [2.75, 3.05) is 4.90 Å². The van der Waals surface area contributed by atoms with Gasteiger partial charge in [-0.15, -0.1) is 0 Å². The summed E-state index contributed by atoms with van der Waals surface area (Å²) in [5.41, 5.74) is 11.9. The lowest BCUT2D eigenvalue weighted by Crippen LogP contribution is -2.28. The van der Waals surface area contributed by atoms with E-state index in [1.807, 2.05) is 0 Å². The van der Waals surface area contributed by atoms with Gasteiger partial charge in [0.2, 0.25) is 0 Å². The van der Waals surface area contributed by atoms with Crippen molar-refractivity contribution in [3.8, 4) is 11.1 Å². The molecule has 2 nitrogen and oxygen atoms in total. The highest BCUT2D eigenvalue weighted by atomic mass is 16.3. The summed E-state index contributed by atoms with van der Waals surface area (Å²) in [4.78, 5) is 2.41. The predicted molar refractivity (Wildman–Crippen MR) is 203 cm³/mol. The van der Waals surface area contributed by atoms with Crippen molar-refractivity contribution in [2.45, 2.75) is 5.41 Å². The van der Waals surface area contributed by atoms with Gasteiger partial charge < -0.3 is 9.32 Å². The molecule has 10 rings (SSSR count). The van der Waals surface area contributed by atoms with Crippen molar-refractivity contribution in [3.05, 3.63) is 210 Å². The monoisotopic (exact) mass is 625 g/mol. The molecule has 0 spiro atoms. The second-order valence-corrected chi connectivity index (χ2v) is 12.8. The Labute approximate surface area is 285 Å². The minimum atomic E-state index is -0.572. The maximum Gasteiger partial charge on any atom is 0.143 e. The van der Waals surface area contributed by atoms with E-state index in [0.29, 0.717) is 0 Å². The Morgan fingerprint density at radius 3 is 1.82 bits per heavy atom. The minimum absolute atomic E-state index is 0.572. The zero-order valence-electron chi connectivity index (χ0n) is 26.8. The molecule has 1 aromatic heterocycles. The van der Waals surface area contributed by atoms with Gasteiger partial charge in [-0.3, -0.25) is 0 Å². The molecule has 1 aliphatic rings. The summed E-state index contributed by atoms with van der Waals surface area (Å²) in [6.45, 7) is 0. The zero-order valence-corrected chi connectivity index (χ0v) is 26.8. The lowest BCUT2D eigenvalue weighted by molar-refractivity contribution is 0.669. The quantitative estimate of drug-likeness (QED) is 0.189. The lowest BCUT2D eigenvalue weighted by Gasteiger charge is -2.35. The van der Waals surface area contributed by atoms with Crippen LogP contribution in [0, 0.1) is 0 Å². The van der Waals surface area contributed by atoms with Crippen molar-refractivity contribution in [1.29, 1.82) is 0 Å². The smallest absolute Gasteiger partial charge is 0.143 e. The zero-order chi connectivity index (χ0) is 32.4. The van der Waals surface area contributed by atoms with E-state index in [0.717, 1.165) is 39.0 Å². The number of hydrogen-bond acceptors (Lipinski definition) is 2. The highest BCUT2D eigenvalue weighted by Crippen LogP contribution is 2.59.